The summed E-state index contributed by atoms with van der Waals surface area (Å²) < 4.78 is 11.9. The Morgan fingerprint density at radius 1 is 1.06 bits per heavy atom. The Balaban J connectivity index is 1.62. The monoisotopic (exact) mass is 458 g/mol. The molecule has 0 saturated heterocycles. The molecule has 3 fully saturated rings. The van der Waals surface area contributed by atoms with Crippen molar-refractivity contribution in [1.82, 2.24) is 0 Å². The Kier molecular flexibility index (Phi) is 6.93. The maximum Gasteiger partial charge on any atom is 0.306 e. The minimum absolute atomic E-state index is 0.0149. The average Bonchev–Trinajstić information content (AvgIpc) is 3.07. The summed E-state index contributed by atoms with van der Waals surface area (Å²) in [5.41, 5.74) is -0.0615. The first-order chi connectivity index (χ1) is 15.7. The highest BCUT2D eigenvalue weighted by atomic mass is 16.6. The van der Waals surface area contributed by atoms with Gasteiger partial charge < -0.3 is 9.47 Å². The van der Waals surface area contributed by atoms with Gasteiger partial charge in [0.25, 0.3) is 0 Å². The van der Waals surface area contributed by atoms with Crippen molar-refractivity contribution in [2.75, 3.05) is 13.7 Å². The molecule has 0 aromatic carbocycles. The Labute approximate surface area is 199 Å². The Morgan fingerprint density at radius 3 is 2.52 bits per heavy atom. The molecule has 0 spiro atoms. The first-order valence-electron chi connectivity index (χ1n) is 13.2. The van der Waals surface area contributed by atoms with Gasteiger partial charge in [-0.1, -0.05) is 32.3 Å². The van der Waals surface area contributed by atoms with Crippen molar-refractivity contribution in [3.63, 3.8) is 0 Å². The molecule has 0 heterocycles. The molecule has 3 saturated carbocycles. The standard InChI is InChI=1S/C28H42O5/c1-5-6-7-8-25(31)33-28(19(2)29)16-13-23-22-10-9-20-17-21(30)11-15-27(20,18-32-4)24(22)12-14-26(23,28)3/h17,22-24H,5-16,18H2,1-4H3/t22-,23-,24-,26-,27+,28-/m0/s1. The topological polar surface area (TPSA) is 69.7 Å². The lowest BCUT2D eigenvalue weighted by atomic mass is 9.46. The number of unbranched alkanes of at least 4 members (excludes halogenated alkanes) is 2. The van der Waals surface area contributed by atoms with Crippen LogP contribution >= 0.6 is 0 Å². The molecule has 0 bridgehead atoms. The molecule has 0 N–H and O–H groups in total. The molecule has 5 nitrogen and oxygen atoms in total. The van der Waals surface area contributed by atoms with E-state index in [0.29, 0.717) is 43.6 Å². The van der Waals surface area contributed by atoms with Crippen LogP contribution in [0.15, 0.2) is 11.6 Å². The van der Waals surface area contributed by atoms with Gasteiger partial charge in [-0.3, -0.25) is 14.4 Å². The van der Waals surface area contributed by atoms with E-state index in [4.69, 9.17) is 9.47 Å². The summed E-state index contributed by atoms with van der Waals surface area (Å²) in [6, 6.07) is 0. The predicted molar refractivity (Wildman–Crippen MR) is 127 cm³/mol. The van der Waals surface area contributed by atoms with Crippen LogP contribution in [0.4, 0.5) is 0 Å². The smallest absolute Gasteiger partial charge is 0.306 e. The van der Waals surface area contributed by atoms with Gasteiger partial charge in [-0.05, 0) is 82.1 Å². The Morgan fingerprint density at radius 2 is 1.82 bits per heavy atom. The van der Waals surface area contributed by atoms with Crippen LogP contribution in [0.1, 0.15) is 97.8 Å². The van der Waals surface area contributed by atoms with E-state index in [1.54, 1.807) is 14.0 Å². The highest BCUT2D eigenvalue weighted by molar-refractivity contribution is 5.92. The molecule has 0 aromatic rings. The molecule has 4 aliphatic rings. The van der Waals surface area contributed by atoms with Gasteiger partial charge >= 0.3 is 5.97 Å². The van der Waals surface area contributed by atoms with Crippen LogP contribution in [0, 0.1) is 28.6 Å². The zero-order valence-electron chi connectivity index (χ0n) is 21.0. The molecule has 4 rings (SSSR count). The maximum absolute atomic E-state index is 13.1. The lowest BCUT2D eigenvalue weighted by Crippen LogP contribution is -2.59. The van der Waals surface area contributed by atoms with Crippen LogP contribution in [0.2, 0.25) is 0 Å². The van der Waals surface area contributed by atoms with E-state index < -0.39 is 5.60 Å². The summed E-state index contributed by atoms with van der Waals surface area (Å²) in [6.07, 6.45) is 12.1. The summed E-state index contributed by atoms with van der Waals surface area (Å²) in [6.45, 7) is 6.63. The molecular formula is C28H42O5. The largest absolute Gasteiger partial charge is 0.450 e. The van der Waals surface area contributed by atoms with E-state index >= 15 is 0 Å². The van der Waals surface area contributed by atoms with Gasteiger partial charge in [0, 0.05) is 30.8 Å². The van der Waals surface area contributed by atoms with Crippen LogP contribution in [0.5, 0.6) is 0 Å². The summed E-state index contributed by atoms with van der Waals surface area (Å²) >= 11 is 0. The van der Waals surface area contributed by atoms with E-state index in [0.717, 1.165) is 57.8 Å². The number of ether oxygens (including phenoxy) is 2. The normalized spacial score (nSPS) is 39.8. The van der Waals surface area contributed by atoms with Crippen molar-refractivity contribution in [3.05, 3.63) is 11.6 Å². The van der Waals surface area contributed by atoms with Crippen LogP contribution in [-0.4, -0.2) is 36.9 Å². The third-order valence-corrected chi connectivity index (χ3v) is 10.0. The van der Waals surface area contributed by atoms with Crippen molar-refractivity contribution < 1.29 is 23.9 Å². The van der Waals surface area contributed by atoms with E-state index in [2.05, 4.69) is 13.8 Å². The highest BCUT2D eigenvalue weighted by Crippen LogP contribution is 2.68. The number of fused-ring (bicyclic) bond motifs is 5. The fraction of sp³-hybridized carbons (Fsp3) is 0.821. The first kappa shape index (κ1) is 24.6. The summed E-state index contributed by atoms with van der Waals surface area (Å²) in [5.74, 6) is 1.36. The Bertz CT molecular complexity index is 830. The number of hydrogen-bond acceptors (Lipinski definition) is 5. The van der Waals surface area contributed by atoms with Crippen LogP contribution in [0.25, 0.3) is 0 Å². The van der Waals surface area contributed by atoms with Crippen LogP contribution < -0.4 is 0 Å². The second-order valence-electron chi connectivity index (χ2n) is 11.4. The van der Waals surface area contributed by atoms with Crippen LogP contribution in [-0.2, 0) is 23.9 Å². The number of carbonyl (C=O) groups is 3. The number of methoxy groups -OCH3 is 1. The number of esters is 1. The van der Waals surface area contributed by atoms with Crippen molar-refractivity contribution in [3.8, 4) is 0 Å². The fourth-order valence-corrected chi connectivity index (χ4v) is 8.47. The summed E-state index contributed by atoms with van der Waals surface area (Å²) in [7, 11) is 1.77. The van der Waals surface area contributed by atoms with E-state index in [1.807, 2.05) is 6.08 Å². The van der Waals surface area contributed by atoms with Crippen molar-refractivity contribution >= 4 is 17.5 Å². The number of carbonyl (C=O) groups excluding carboxylic acids is 3. The maximum atomic E-state index is 13.1. The van der Waals surface area contributed by atoms with Gasteiger partial charge in [0.05, 0.1) is 6.61 Å². The molecule has 0 amide bonds. The minimum atomic E-state index is -0.987. The molecular weight excluding hydrogens is 416 g/mol. The van der Waals surface area contributed by atoms with Gasteiger partial charge in [0.2, 0.25) is 0 Å². The predicted octanol–water partition coefficient (Wildman–Crippen LogP) is 5.60. The zero-order valence-corrected chi connectivity index (χ0v) is 21.0. The van der Waals surface area contributed by atoms with E-state index in [-0.39, 0.29) is 28.4 Å². The molecule has 4 aliphatic carbocycles. The van der Waals surface area contributed by atoms with Crippen molar-refractivity contribution in [2.24, 2.45) is 28.6 Å². The number of rotatable bonds is 8. The van der Waals surface area contributed by atoms with Gasteiger partial charge in [0.1, 0.15) is 0 Å². The molecule has 5 heteroatoms. The van der Waals surface area contributed by atoms with Gasteiger partial charge in [0.15, 0.2) is 17.2 Å². The average molecular weight is 459 g/mol. The minimum Gasteiger partial charge on any atom is -0.450 e. The number of hydrogen-bond donors (Lipinski definition) is 0. The highest BCUT2D eigenvalue weighted by Gasteiger charge is 2.68. The van der Waals surface area contributed by atoms with Crippen LogP contribution in [0.3, 0.4) is 0 Å². The lowest BCUT2D eigenvalue weighted by Gasteiger charge is -2.59. The Hall–Kier alpha value is -1.49. The molecule has 0 aliphatic heterocycles. The third-order valence-electron chi connectivity index (χ3n) is 10.0. The lowest BCUT2D eigenvalue weighted by molar-refractivity contribution is -0.190. The quantitative estimate of drug-likeness (QED) is 0.350. The second kappa shape index (κ2) is 9.28. The second-order valence-corrected chi connectivity index (χ2v) is 11.4. The summed E-state index contributed by atoms with van der Waals surface area (Å²) in [4.78, 5) is 38.2. The fourth-order valence-electron chi connectivity index (χ4n) is 8.47. The number of ketones is 2. The molecule has 0 aromatic heterocycles. The van der Waals surface area contributed by atoms with Gasteiger partial charge in [-0.25, -0.2) is 0 Å². The van der Waals surface area contributed by atoms with E-state index in [9.17, 15) is 14.4 Å². The first-order valence-corrected chi connectivity index (χ1v) is 13.2. The summed E-state index contributed by atoms with van der Waals surface area (Å²) in [5, 5.41) is 0. The van der Waals surface area contributed by atoms with Gasteiger partial charge in [-0.15, -0.1) is 0 Å². The molecule has 0 unspecified atom stereocenters. The molecule has 6 atom stereocenters. The molecule has 184 valence electrons. The third kappa shape index (κ3) is 3.83. The van der Waals surface area contributed by atoms with Crippen molar-refractivity contribution in [1.29, 1.82) is 0 Å². The van der Waals surface area contributed by atoms with E-state index in [1.165, 1.54) is 5.57 Å². The molecule has 0 radical (unpaired) electrons. The molecule has 33 heavy (non-hydrogen) atoms. The van der Waals surface area contributed by atoms with Gasteiger partial charge in [-0.2, -0.15) is 0 Å². The van der Waals surface area contributed by atoms with Crippen molar-refractivity contribution in [2.45, 2.75) is 103 Å². The number of Topliss-reactive ketones (excluding diaryl/α,β-unsaturated/α-hetero) is 1. The SMILES string of the molecule is CCCCCC(=O)O[C@]1(C(C)=O)CC[C@H]2[C@@H]3CCC4=CC(=O)CC[C@]4(COC)[C@H]3CC[C@@]21C. The zero-order chi connectivity index (χ0) is 23.9.